The molecule has 1 aliphatic rings. The average Bonchev–Trinajstić information content (AvgIpc) is 3.26. The van der Waals surface area contributed by atoms with Crippen LogP contribution in [0.2, 0.25) is 0 Å². The molecular formula is C17H26N6O. The van der Waals surface area contributed by atoms with Gasteiger partial charge in [0.1, 0.15) is 12.0 Å². The number of nitrogens with one attached hydrogen (secondary N) is 1. The topological polar surface area (TPSA) is 77.6 Å². The monoisotopic (exact) mass is 330 g/mol. The maximum Gasteiger partial charge on any atom is 0.270 e. The van der Waals surface area contributed by atoms with Crippen molar-refractivity contribution in [2.24, 2.45) is 7.05 Å². The molecule has 1 N–H and O–H groups in total. The summed E-state index contributed by atoms with van der Waals surface area (Å²) in [6.07, 6.45) is 6.59. The highest BCUT2D eigenvalue weighted by molar-refractivity contribution is 5.92. The molecule has 2 aromatic heterocycles. The normalized spacial score (nSPS) is 16.7. The van der Waals surface area contributed by atoms with E-state index in [4.69, 9.17) is 0 Å². The molecule has 0 bridgehead atoms. The SMILES string of the molecule is CC(C)c1cc(C(=O)N[C@H](C)c2nncn2C2CCCC2)n(C)n1. The van der Waals surface area contributed by atoms with E-state index in [2.05, 4.69) is 39.0 Å². The van der Waals surface area contributed by atoms with Gasteiger partial charge in [-0.3, -0.25) is 9.48 Å². The first kappa shape index (κ1) is 16.7. The molecule has 0 saturated heterocycles. The predicted octanol–water partition coefficient (Wildman–Crippen LogP) is 2.74. The van der Waals surface area contributed by atoms with Gasteiger partial charge in [0.15, 0.2) is 5.82 Å². The predicted molar refractivity (Wildman–Crippen MR) is 90.7 cm³/mol. The maximum absolute atomic E-state index is 12.6. The lowest BCUT2D eigenvalue weighted by Gasteiger charge is -2.18. The molecule has 130 valence electrons. The lowest BCUT2D eigenvalue weighted by molar-refractivity contribution is 0.0927. The van der Waals surface area contributed by atoms with Crippen LogP contribution in [-0.2, 0) is 7.05 Å². The van der Waals surface area contributed by atoms with Gasteiger partial charge in [-0.1, -0.05) is 26.7 Å². The molecule has 0 aromatic carbocycles. The average molecular weight is 330 g/mol. The second-order valence-corrected chi connectivity index (χ2v) is 6.96. The first-order valence-corrected chi connectivity index (χ1v) is 8.71. The van der Waals surface area contributed by atoms with Crippen LogP contribution in [0.4, 0.5) is 0 Å². The minimum atomic E-state index is -0.196. The third-order valence-electron chi connectivity index (χ3n) is 4.78. The van der Waals surface area contributed by atoms with Crippen molar-refractivity contribution in [2.75, 3.05) is 0 Å². The molecule has 0 spiro atoms. The van der Waals surface area contributed by atoms with E-state index < -0.39 is 0 Å². The van der Waals surface area contributed by atoms with Crippen LogP contribution in [0.3, 0.4) is 0 Å². The van der Waals surface area contributed by atoms with E-state index in [0.29, 0.717) is 17.7 Å². The third kappa shape index (κ3) is 3.20. The Bertz CT molecular complexity index is 710. The van der Waals surface area contributed by atoms with Crippen molar-refractivity contribution >= 4 is 5.91 Å². The molecular weight excluding hydrogens is 304 g/mol. The summed E-state index contributed by atoms with van der Waals surface area (Å²) in [5.74, 6) is 0.979. The number of aromatic nitrogens is 5. The summed E-state index contributed by atoms with van der Waals surface area (Å²) < 4.78 is 3.76. The highest BCUT2D eigenvalue weighted by atomic mass is 16.2. The van der Waals surface area contributed by atoms with Crippen LogP contribution < -0.4 is 5.32 Å². The lowest BCUT2D eigenvalue weighted by Crippen LogP contribution is -2.30. The molecule has 1 aliphatic carbocycles. The molecule has 0 radical (unpaired) electrons. The zero-order valence-corrected chi connectivity index (χ0v) is 14.9. The summed E-state index contributed by atoms with van der Waals surface area (Å²) in [5, 5.41) is 15.7. The van der Waals surface area contributed by atoms with Crippen LogP contribution in [-0.4, -0.2) is 30.5 Å². The summed E-state index contributed by atoms with van der Waals surface area (Å²) in [4.78, 5) is 12.6. The molecule has 24 heavy (non-hydrogen) atoms. The van der Waals surface area contributed by atoms with Crippen molar-refractivity contribution in [1.82, 2.24) is 29.9 Å². The minimum absolute atomic E-state index is 0.134. The Hall–Kier alpha value is -2.18. The zero-order chi connectivity index (χ0) is 17.3. The molecule has 2 heterocycles. The summed E-state index contributed by atoms with van der Waals surface area (Å²) in [7, 11) is 1.80. The molecule has 7 heteroatoms. The van der Waals surface area contributed by atoms with E-state index in [1.807, 2.05) is 13.0 Å². The van der Waals surface area contributed by atoms with Crippen molar-refractivity contribution < 1.29 is 4.79 Å². The summed E-state index contributed by atoms with van der Waals surface area (Å²) in [6.45, 7) is 6.08. The fourth-order valence-electron chi connectivity index (χ4n) is 3.34. The second kappa shape index (κ2) is 6.75. The molecule has 1 saturated carbocycles. The van der Waals surface area contributed by atoms with Crippen LogP contribution in [0.1, 0.15) is 86.5 Å². The van der Waals surface area contributed by atoms with Gasteiger partial charge >= 0.3 is 0 Å². The summed E-state index contributed by atoms with van der Waals surface area (Å²) in [6, 6.07) is 2.12. The quantitative estimate of drug-likeness (QED) is 0.914. The highest BCUT2D eigenvalue weighted by Crippen LogP contribution is 2.31. The number of amides is 1. The molecule has 7 nitrogen and oxygen atoms in total. The number of aryl methyl sites for hydroxylation is 1. The fourth-order valence-corrected chi connectivity index (χ4v) is 3.34. The van der Waals surface area contributed by atoms with Gasteiger partial charge in [0.05, 0.1) is 11.7 Å². The van der Waals surface area contributed by atoms with Crippen LogP contribution in [0.5, 0.6) is 0 Å². The van der Waals surface area contributed by atoms with E-state index >= 15 is 0 Å². The molecule has 3 rings (SSSR count). The van der Waals surface area contributed by atoms with Crippen LogP contribution in [0, 0.1) is 0 Å². The molecule has 0 aliphatic heterocycles. The van der Waals surface area contributed by atoms with Gasteiger partial charge in [-0.2, -0.15) is 5.10 Å². The van der Waals surface area contributed by atoms with Crippen molar-refractivity contribution in [2.45, 2.75) is 64.5 Å². The van der Waals surface area contributed by atoms with Crippen molar-refractivity contribution in [3.05, 3.63) is 29.6 Å². The molecule has 1 fully saturated rings. The van der Waals surface area contributed by atoms with Gasteiger partial charge in [-0.15, -0.1) is 10.2 Å². The van der Waals surface area contributed by atoms with E-state index in [0.717, 1.165) is 24.4 Å². The van der Waals surface area contributed by atoms with E-state index in [9.17, 15) is 4.79 Å². The minimum Gasteiger partial charge on any atom is -0.341 e. The summed E-state index contributed by atoms with van der Waals surface area (Å²) >= 11 is 0. The van der Waals surface area contributed by atoms with Gasteiger partial charge in [0.25, 0.3) is 5.91 Å². The summed E-state index contributed by atoms with van der Waals surface area (Å²) in [5.41, 5.74) is 1.49. The first-order chi connectivity index (χ1) is 11.5. The molecule has 1 atom stereocenters. The van der Waals surface area contributed by atoms with E-state index in [-0.39, 0.29) is 11.9 Å². The van der Waals surface area contributed by atoms with Gasteiger partial charge < -0.3 is 9.88 Å². The number of carbonyl (C=O) groups excluding carboxylic acids is 1. The number of nitrogens with zero attached hydrogens (tertiary/aromatic N) is 5. The van der Waals surface area contributed by atoms with Crippen LogP contribution >= 0.6 is 0 Å². The molecule has 1 amide bonds. The maximum atomic E-state index is 12.6. The Balaban J connectivity index is 1.74. The Morgan fingerprint density at radius 1 is 1.29 bits per heavy atom. The van der Waals surface area contributed by atoms with Crippen LogP contribution in [0.15, 0.2) is 12.4 Å². The van der Waals surface area contributed by atoms with Gasteiger partial charge in [-0.25, -0.2) is 0 Å². The first-order valence-electron chi connectivity index (χ1n) is 8.71. The lowest BCUT2D eigenvalue weighted by atomic mass is 10.1. The van der Waals surface area contributed by atoms with Crippen LogP contribution in [0.25, 0.3) is 0 Å². The molecule has 0 unspecified atom stereocenters. The van der Waals surface area contributed by atoms with Crippen molar-refractivity contribution in [3.8, 4) is 0 Å². The molecule has 2 aromatic rings. The number of hydrogen-bond acceptors (Lipinski definition) is 4. The van der Waals surface area contributed by atoms with Gasteiger partial charge in [0.2, 0.25) is 0 Å². The second-order valence-electron chi connectivity index (χ2n) is 6.96. The third-order valence-corrected chi connectivity index (χ3v) is 4.78. The Labute approximate surface area is 142 Å². The Kier molecular flexibility index (Phi) is 4.69. The van der Waals surface area contributed by atoms with E-state index in [1.54, 1.807) is 18.1 Å². The van der Waals surface area contributed by atoms with Crippen molar-refractivity contribution in [3.63, 3.8) is 0 Å². The standard InChI is InChI=1S/C17H26N6O/c1-11(2)14-9-15(22(4)21-14)17(24)19-12(3)16-20-18-10-23(16)13-7-5-6-8-13/h9-13H,5-8H2,1-4H3,(H,19,24)/t12-/m1/s1. The Morgan fingerprint density at radius 3 is 2.62 bits per heavy atom. The number of carbonyl (C=O) groups is 1. The Morgan fingerprint density at radius 2 is 2.00 bits per heavy atom. The van der Waals surface area contributed by atoms with Gasteiger partial charge in [-0.05, 0) is 31.7 Å². The smallest absolute Gasteiger partial charge is 0.270 e. The van der Waals surface area contributed by atoms with Crippen molar-refractivity contribution in [1.29, 1.82) is 0 Å². The fraction of sp³-hybridized carbons (Fsp3) is 0.647. The number of rotatable bonds is 5. The zero-order valence-electron chi connectivity index (χ0n) is 14.9. The van der Waals surface area contributed by atoms with E-state index in [1.165, 1.54) is 12.8 Å². The number of hydrogen-bond donors (Lipinski definition) is 1. The highest BCUT2D eigenvalue weighted by Gasteiger charge is 2.24. The van der Waals surface area contributed by atoms with Gasteiger partial charge in [0, 0.05) is 13.1 Å². The largest absolute Gasteiger partial charge is 0.341 e.